The molecule has 12 rings (SSSR count). The molecule has 9 aromatic rings. The van der Waals surface area contributed by atoms with Crippen LogP contribution in [0.4, 0.5) is 0 Å². The topological polar surface area (TPSA) is 54.5 Å². The molecule has 2 bridgehead atoms. The van der Waals surface area contributed by atoms with E-state index >= 15 is 4.79 Å². The number of pyridine rings is 1. The van der Waals surface area contributed by atoms with Gasteiger partial charge < -0.3 is 10.1 Å². The number of nitrogens with one attached hydrogen (secondary N) is 1. The first-order valence-electron chi connectivity index (χ1n) is 37.3. The summed E-state index contributed by atoms with van der Waals surface area (Å²) >= 11 is 0. The lowest BCUT2D eigenvalue weighted by Gasteiger charge is -2.51. The standard InChI is InChI=1S/C95H118N3O2P/c1-27-59-58-98-37-35-60(59)52-84(98)86(80-34-36-96-83-33-32-77(100-26)57-82(80)83)97-87(99)81-30-28-29-31-85(81)101(78-48-61(65-40-69(88(2,3)4)53-70(41-65)89(5,6)7)38-62(49-78)66-42-71(90(8,9)10)54-72(43-66)91(11,12)13)79-50-63(67-44-73(92(14,15)16)55-74(45-67)93(17,18)19)39-64(51-79)68-46-75(94(20,21)22)56-76(47-68)95(23,24)25/h27-34,36,38-51,53-57,59-60,84,86H,1,35,37,52,58H2,2-26H3,(H,97,99)/t59-,60-,84-,86-/m0/s1. The first-order valence-corrected chi connectivity index (χ1v) is 38.6. The van der Waals surface area contributed by atoms with E-state index in [0.29, 0.717) is 17.4 Å². The van der Waals surface area contributed by atoms with E-state index in [-0.39, 0.29) is 61.3 Å². The van der Waals surface area contributed by atoms with E-state index in [1.165, 1.54) is 77.4 Å². The van der Waals surface area contributed by atoms with Crippen molar-refractivity contribution in [3.8, 4) is 50.3 Å². The predicted octanol–water partition coefficient (Wildman–Crippen LogP) is 23.4. The second-order valence-corrected chi connectivity index (χ2v) is 40.3. The van der Waals surface area contributed by atoms with Gasteiger partial charge in [-0.15, -0.1) is 6.58 Å². The average Bonchev–Trinajstić information content (AvgIpc) is 0.756. The molecule has 3 aliphatic rings. The van der Waals surface area contributed by atoms with Crippen LogP contribution < -0.4 is 26.0 Å². The van der Waals surface area contributed by atoms with Crippen LogP contribution in [0.5, 0.6) is 5.75 Å². The Morgan fingerprint density at radius 3 is 1.19 bits per heavy atom. The molecule has 530 valence electrons. The van der Waals surface area contributed by atoms with Crippen molar-refractivity contribution >= 4 is 40.6 Å². The summed E-state index contributed by atoms with van der Waals surface area (Å²) < 4.78 is 5.93. The monoisotopic (exact) mass is 1360 g/mol. The van der Waals surface area contributed by atoms with Gasteiger partial charge in [-0.1, -0.05) is 263 Å². The molecule has 3 saturated heterocycles. The lowest BCUT2D eigenvalue weighted by molar-refractivity contribution is 0.00171. The fraction of sp³-hybridized carbons (Fsp3) is 0.432. The Morgan fingerprint density at radius 1 is 0.485 bits per heavy atom. The van der Waals surface area contributed by atoms with Crippen LogP contribution in [0.15, 0.2) is 177 Å². The van der Waals surface area contributed by atoms with Gasteiger partial charge in [0.1, 0.15) is 5.75 Å². The lowest BCUT2D eigenvalue weighted by Crippen LogP contribution is -2.57. The van der Waals surface area contributed by atoms with E-state index in [0.717, 1.165) is 75.7 Å². The molecule has 1 unspecified atom stereocenters. The summed E-state index contributed by atoms with van der Waals surface area (Å²) in [4.78, 5) is 24.4. The Morgan fingerprint density at radius 2 is 0.851 bits per heavy atom. The number of aromatic nitrogens is 1. The zero-order valence-electron chi connectivity index (χ0n) is 66.2. The third kappa shape index (κ3) is 16.3. The summed E-state index contributed by atoms with van der Waals surface area (Å²) in [6.07, 6.45) is 6.13. The summed E-state index contributed by atoms with van der Waals surface area (Å²) in [6.45, 7) is 62.4. The largest absolute Gasteiger partial charge is 0.497 e. The van der Waals surface area contributed by atoms with E-state index in [4.69, 9.17) is 9.72 Å². The SMILES string of the molecule is C=C[C@H]1CN2CC[C@H]1C[C@H]2[C@@H](NC(=O)c1ccccc1P(c1cc(-c2cc(C(C)(C)C)cc(C(C)(C)C)c2)cc(-c2cc(C(C)(C)C)cc(C(C)(C)C)c2)c1)c1cc(-c2cc(C(C)(C)C)cc(C(C)(C)C)c2)cc(-c2cc(C(C)(C)C)cc(C(C)(C)C)c2)c1)c1ccnc2ccc(OC)cc12. The van der Waals surface area contributed by atoms with E-state index in [1.54, 1.807) is 7.11 Å². The predicted molar refractivity (Wildman–Crippen MR) is 437 cm³/mol. The maximum atomic E-state index is 16.9. The van der Waals surface area contributed by atoms with E-state index in [9.17, 15) is 0 Å². The molecule has 101 heavy (non-hydrogen) atoms. The van der Waals surface area contributed by atoms with Crippen LogP contribution in [0.3, 0.4) is 0 Å². The minimum absolute atomic E-state index is 0.0326. The molecule has 5 nitrogen and oxygen atoms in total. The average molecular weight is 1360 g/mol. The number of carbonyl (C=O) groups excluding carboxylic acids is 1. The Balaban J connectivity index is 1.28. The van der Waals surface area contributed by atoms with Gasteiger partial charge in [0, 0.05) is 29.7 Å². The maximum absolute atomic E-state index is 16.9. The van der Waals surface area contributed by atoms with Crippen LogP contribution in [-0.4, -0.2) is 42.0 Å². The highest BCUT2D eigenvalue weighted by Gasteiger charge is 2.44. The fourth-order valence-electron chi connectivity index (χ4n) is 14.9. The number of methoxy groups -OCH3 is 1. The Kier molecular flexibility index (Phi) is 20.2. The van der Waals surface area contributed by atoms with Crippen molar-refractivity contribution in [2.75, 3.05) is 20.2 Å². The number of hydrogen-bond donors (Lipinski definition) is 1. The second-order valence-electron chi connectivity index (χ2n) is 38.1. The summed E-state index contributed by atoms with van der Waals surface area (Å²) in [6, 6.07) is 61.0. The van der Waals surface area contributed by atoms with Crippen molar-refractivity contribution in [1.29, 1.82) is 0 Å². The number of fused-ring (bicyclic) bond motifs is 4. The summed E-state index contributed by atoms with van der Waals surface area (Å²) in [7, 11) is 0.105. The van der Waals surface area contributed by atoms with Crippen molar-refractivity contribution in [3.05, 3.63) is 232 Å². The zero-order chi connectivity index (χ0) is 73.6. The zero-order valence-corrected chi connectivity index (χ0v) is 67.1. The summed E-state index contributed by atoms with van der Waals surface area (Å²) in [5.74, 6) is 1.52. The third-order valence-electron chi connectivity index (χ3n) is 21.9. The number of nitrogens with zero attached hydrogens (tertiary/aromatic N) is 2. The Bertz CT molecular complexity index is 4090. The van der Waals surface area contributed by atoms with Crippen LogP contribution in [-0.2, 0) is 43.3 Å². The van der Waals surface area contributed by atoms with Crippen molar-refractivity contribution in [2.24, 2.45) is 11.8 Å². The number of hydrogen-bond acceptors (Lipinski definition) is 4. The lowest BCUT2D eigenvalue weighted by atomic mass is 9.73. The van der Waals surface area contributed by atoms with Crippen LogP contribution in [0.1, 0.15) is 245 Å². The molecule has 0 radical (unpaired) electrons. The number of rotatable bonds is 13. The quantitative estimate of drug-likeness (QED) is 0.0923. The minimum atomic E-state index is -1.62. The molecule has 1 aromatic heterocycles. The smallest absolute Gasteiger partial charge is 0.252 e. The van der Waals surface area contributed by atoms with Gasteiger partial charge in [-0.05, 0) is 260 Å². The first kappa shape index (κ1) is 74.7. The van der Waals surface area contributed by atoms with Gasteiger partial charge in [0.15, 0.2) is 0 Å². The van der Waals surface area contributed by atoms with Crippen molar-refractivity contribution in [2.45, 2.75) is 234 Å². The molecule has 5 atom stereocenters. The second kappa shape index (κ2) is 27.3. The van der Waals surface area contributed by atoms with E-state index < -0.39 is 7.92 Å². The number of carbonyl (C=O) groups is 1. The van der Waals surface area contributed by atoms with Gasteiger partial charge in [0.25, 0.3) is 5.91 Å². The highest BCUT2D eigenvalue weighted by molar-refractivity contribution is 7.80. The van der Waals surface area contributed by atoms with Gasteiger partial charge in [-0.3, -0.25) is 14.7 Å². The van der Waals surface area contributed by atoms with Gasteiger partial charge in [0.05, 0.1) is 18.7 Å². The molecule has 0 aliphatic carbocycles. The highest BCUT2D eigenvalue weighted by Crippen LogP contribution is 2.47. The maximum Gasteiger partial charge on any atom is 0.252 e. The molecular formula is C95H118N3O2P. The molecule has 0 spiro atoms. The fourth-order valence-corrected chi connectivity index (χ4v) is 17.5. The van der Waals surface area contributed by atoms with Crippen molar-refractivity contribution in [3.63, 3.8) is 0 Å². The normalized spacial score (nSPS) is 17.5. The van der Waals surface area contributed by atoms with Gasteiger partial charge in [-0.25, -0.2) is 0 Å². The van der Waals surface area contributed by atoms with Gasteiger partial charge >= 0.3 is 0 Å². The number of ether oxygens (including phenoxy) is 1. The summed E-state index contributed by atoms with van der Waals surface area (Å²) in [5.41, 5.74) is 21.3. The number of amides is 1. The van der Waals surface area contributed by atoms with Gasteiger partial charge in [-0.2, -0.15) is 0 Å². The third-order valence-corrected chi connectivity index (χ3v) is 24.3. The van der Waals surface area contributed by atoms with E-state index in [1.807, 2.05) is 18.3 Å². The minimum Gasteiger partial charge on any atom is -0.497 e. The molecule has 1 N–H and O–H groups in total. The highest BCUT2D eigenvalue weighted by atomic mass is 31.1. The van der Waals surface area contributed by atoms with E-state index in [2.05, 4.69) is 335 Å². The number of piperidine rings is 3. The molecule has 6 heteroatoms. The Labute approximate surface area is 610 Å². The molecule has 3 aliphatic heterocycles. The van der Waals surface area contributed by atoms with Crippen LogP contribution in [0.25, 0.3) is 55.4 Å². The Hall–Kier alpha value is -7.43. The first-order chi connectivity index (χ1) is 46.8. The number of benzene rings is 8. The van der Waals surface area contributed by atoms with Crippen LogP contribution in [0, 0.1) is 11.8 Å². The van der Waals surface area contributed by atoms with Crippen LogP contribution >= 0.6 is 7.92 Å². The molecule has 4 heterocycles. The molecule has 8 aromatic carbocycles. The molecule has 3 fully saturated rings. The molecule has 1 amide bonds. The van der Waals surface area contributed by atoms with Crippen molar-refractivity contribution in [1.82, 2.24) is 15.2 Å². The van der Waals surface area contributed by atoms with Gasteiger partial charge in [0.2, 0.25) is 0 Å². The summed E-state index contributed by atoms with van der Waals surface area (Å²) in [5, 5.41) is 8.23. The van der Waals surface area contributed by atoms with Crippen molar-refractivity contribution < 1.29 is 9.53 Å². The van der Waals surface area contributed by atoms with Crippen LogP contribution in [0.2, 0.25) is 0 Å². The molecular weight excluding hydrogens is 1250 g/mol. The molecule has 0 saturated carbocycles.